The highest BCUT2D eigenvalue weighted by Gasteiger charge is 2.37. The summed E-state index contributed by atoms with van der Waals surface area (Å²) in [6.45, 7) is 9.31. The highest BCUT2D eigenvalue weighted by atomic mass is 15.3. The van der Waals surface area contributed by atoms with Gasteiger partial charge in [0.25, 0.3) is 0 Å². The van der Waals surface area contributed by atoms with Crippen LogP contribution in [0.15, 0.2) is 0 Å². The fourth-order valence-corrected chi connectivity index (χ4v) is 2.83. The third-order valence-corrected chi connectivity index (χ3v) is 4.15. The molecular formula is C12H27N3. The van der Waals surface area contributed by atoms with E-state index in [0.717, 1.165) is 12.8 Å². The Kier molecular flexibility index (Phi) is 5.03. The number of nitrogens with two attached hydrogens (primary N) is 1. The van der Waals surface area contributed by atoms with Crippen LogP contribution < -0.4 is 11.3 Å². The second-order valence-electron chi connectivity index (χ2n) is 4.89. The molecule has 0 aromatic rings. The maximum absolute atomic E-state index is 5.67. The zero-order valence-corrected chi connectivity index (χ0v) is 10.6. The summed E-state index contributed by atoms with van der Waals surface area (Å²) < 4.78 is 0. The lowest BCUT2D eigenvalue weighted by atomic mass is 9.84. The predicted molar refractivity (Wildman–Crippen MR) is 65.5 cm³/mol. The lowest BCUT2D eigenvalue weighted by molar-refractivity contribution is 0.0417. The third kappa shape index (κ3) is 2.71. The summed E-state index contributed by atoms with van der Waals surface area (Å²) in [5, 5.41) is 0. The highest BCUT2D eigenvalue weighted by Crippen LogP contribution is 2.28. The molecule has 15 heavy (non-hydrogen) atoms. The molecule has 2 atom stereocenters. The first kappa shape index (κ1) is 12.9. The predicted octanol–water partition coefficient (Wildman–Crippen LogP) is 1.88. The van der Waals surface area contributed by atoms with Gasteiger partial charge in [-0.25, -0.2) is 0 Å². The van der Waals surface area contributed by atoms with Gasteiger partial charge < -0.3 is 0 Å². The zero-order valence-electron chi connectivity index (χ0n) is 10.6. The van der Waals surface area contributed by atoms with Crippen molar-refractivity contribution in [2.45, 2.75) is 64.5 Å². The molecule has 0 spiro atoms. The molecule has 1 saturated heterocycles. The first-order valence-electron chi connectivity index (χ1n) is 6.40. The molecule has 3 N–H and O–H groups in total. The van der Waals surface area contributed by atoms with Crippen LogP contribution in [0, 0.1) is 0 Å². The summed E-state index contributed by atoms with van der Waals surface area (Å²) in [4.78, 5) is 2.63. The minimum Gasteiger partial charge on any atom is -0.296 e. The first-order chi connectivity index (χ1) is 7.19. The zero-order chi connectivity index (χ0) is 11.3. The van der Waals surface area contributed by atoms with Crippen LogP contribution in [0.3, 0.4) is 0 Å². The Balaban J connectivity index is 2.71. The van der Waals surface area contributed by atoms with Crippen LogP contribution in [0.5, 0.6) is 0 Å². The fraction of sp³-hybridized carbons (Fsp3) is 1.00. The molecule has 0 aromatic carbocycles. The molecule has 3 heteroatoms. The van der Waals surface area contributed by atoms with Crippen molar-refractivity contribution < 1.29 is 0 Å². The van der Waals surface area contributed by atoms with Crippen molar-refractivity contribution in [1.82, 2.24) is 10.3 Å². The summed E-state index contributed by atoms with van der Waals surface area (Å²) >= 11 is 0. The minimum absolute atomic E-state index is 0.226. The van der Waals surface area contributed by atoms with Gasteiger partial charge in [-0.2, -0.15) is 0 Å². The quantitative estimate of drug-likeness (QED) is 0.541. The number of hydrazine groups is 1. The molecule has 0 saturated carbocycles. The van der Waals surface area contributed by atoms with E-state index < -0.39 is 0 Å². The molecule has 1 aliphatic heterocycles. The Bertz CT molecular complexity index is 174. The van der Waals surface area contributed by atoms with Gasteiger partial charge in [0.2, 0.25) is 0 Å². The van der Waals surface area contributed by atoms with Gasteiger partial charge in [-0.1, -0.05) is 20.3 Å². The summed E-state index contributed by atoms with van der Waals surface area (Å²) in [5.74, 6) is 5.67. The molecule has 1 aliphatic rings. The largest absolute Gasteiger partial charge is 0.296 e. The number of hydrogen-bond acceptors (Lipinski definition) is 3. The molecule has 0 aromatic heterocycles. The summed E-state index contributed by atoms with van der Waals surface area (Å²) in [6.07, 6.45) is 6.34. The maximum Gasteiger partial charge on any atom is 0.0389 e. The number of hydrogen-bond donors (Lipinski definition) is 2. The normalized spacial score (nSPS) is 24.8. The molecule has 0 bridgehead atoms. The van der Waals surface area contributed by atoms with E-state index in [4.69, 9.17) is 5.84 Å². The van der Waals surface area contributed by atoms with Crippen molar-refractivity contribution in [2.24, 2.45) is 5.84 Å². The SMILES string of the molecule is CCC(NN)C(C)(CC)N1CCCCC1. The molecule has 0 amide bonds. The van der Waals surface area contributed by atoms with E-state index in [-0.39, 0.29) is 5.54 Å². The standard InChI is InChI=1S/C12H27N3/c1-4-11(14-13)12(3,5-2)15-9-7-6-8-10-15/h11,14H,4-10,13H2,1-3H3. The van der Waals surface area contributed by atoms with Crippen LogP contribution in [0.4, 0.5) is 0 Å². The van der Waals surface area contributed by atoms with Crippen LogP contribution in [0.25, 0.3) is 0 Å². The van der Waals surface area contributed by atoms with Crippen LogP contribution >= 0.6 is 0 Å². The molecule has 90 valence electrons. The van der Waals surface area contributed by atoms with Gasteiger partial charge in [0.1, 0.15) is 0 Å². The number of nitrogens with zero attached hydrogens (tertiary/aromatic N) is 1. The third-order valence-electron chi connectivity index (χ3n) is 4.15. The molecule has 2 unspecified atom stereocenters. The van der Waals surface area contributed by atoms with E-state index >= 15 is 0 Å². The van der Waals surface area contributed by atoms with E-state index in [1.807, 2.05) is 0 Å². The summed E-state index contributed by atoms with van der Waals surface area (Å²) in [6, 6.07) is 0.403. The van der Waals surface area contributed by atoms with Crippen LogP contribution in [0.1, 0.15) is 52.9 Å². The van der Waals surface area contributed by atoms with Gasteiger partial charge in [-0.05, 0) is 45.7 Å². The van der Waals surface area contributed by atoms with Crippen LogP contribution in [-0.2, 0) is 0 Å². The molecule has 0 aliphatic carbocycles. The molecule has 0 radical (unpaired) electrons. The second-order valence-corrected chi connectivity index (χ2v) is 4.89. The maximum atomic E-state index is 5.67. The average molecular weight is 213 g/mol. The van der Waals surface area contributed by atoms with E-state index in [1.54, 1.807) is 0 Å². The Morgan fingerprint density at radius 2 is 1.87 bits per heavy atom. The highest BCUT2D eigenvalue weighted by molar-refractivity contribution is 4.95. The Hall–Kier alpha value is -0.120. The number of likely N-dealkylation sites (tertiary alicyclic amines) is 1. The molecular weight excluding hydrogens is 186 g/mol. The van der Waals surface area contributed by atoms with Gasteiger partial charge in [0.05, 0.1) is 0 Å². The fourth-order valence-electron chi connectivity index (χ4n) is 2.83. The average Bonchev–Trinajstić information content (AvgIpc) is 2.31. The molecule has 3 nitrogen and oxygen atoms in total. The Morgan fingerprint density at radius 3 is 2.27 bits per heavy atom. The topological polar surface area (TPSA) is 41.3 Å². The first-order valence-corrected chi connectivity index (χ1v) is 6.40. The smallest absolute Gasteiger partial charge is 0.0389 e. The van der Waals surface area contributed by atoms with E-state index in [9.17, 15) is 0 Å². The number of nitrogens with one attached hydrogen (secondary N) is 1. The lowest BCUT2D eigenvalue weighted by Crippen LogP contribution is -2.61. The van der Waals surface area contributed by atoms with E-state index in [2.05, 4.69) is 31.1 Å². The van der Waals surface area contributed by atoms with Gasteiger partial charge >= 0.3 is 0 Å². The van der Waals surface area contributed by atoms with Gasteiger partial charge in [-0.3, -0.25) is 16.2 Å². The van der Waals surface area contributed by atoms with Crippen molar-refractivity contribution >= 4 is 0 Å². The van der Waals surface area contributed by atoms with Crippen molar-refractivity contribution in [3.63, 3.8) is 0 Å². The van der Waals surface area contributed by atoms with Crippen LogP contribution in [0.2, 0.25) is 0 Å². The second kappa shape index (κ2) is 5.83. The van der Waals surface area contributed by atoms with E-state index in [0.29, 0.717) is 6.04 Å². The van der Waals surface area contributed by atoms with Crippen molar-refractivity contribution in [3.05, 3.63) is 0 Å². The monoisotopic (exact) mass is 213 g/mol. The Morgan fingerprint density at radius 1 is 1.27 bits per heavy atom. The Labute approximate surface area is 94.4 Å². The number of rotatable bonds is 5. The van der Waals surface area contributed by atoms with Gasteiger partial charge in [0, 0.05) is 11.6 Å². The summed E-state index contributed by atoms with van der Waals surface area (Å²) in [7, 11) is 0. The lowest BCUT2D eigenvalue weighted by Gasteiger charge is -2.47. The van der Waals surface area contributed by atoms with Crippen LogP contribution in [-0.4, -0.2) is 29.6 Å². The number of piperidine rings is 1. The molecule has 1 heterocycles. The van der Waals surface area contributed by atoms with Crippen molar-refractivity contribution in [1.29, 1.82) is 0 Å². The minimum atomic E-state index is 0.226. The van der Waals surface area contributed by atoms with Crippen molar-refractivity contribution in [2.75, 3.05) is 13.1 Å². The summed E-state index contributed by atoms with van der Waals surface area (Å²) in [5.41, 5.74) is 3.22. The van der Waals surface area contributed by atoms with Gasteiger partial charge in [-0.15, -0.1) is 0 Å². The molecule has 1 fully saturated rings. The van der Waals surface area contributed by atoms with Crippen molar-refractivity contribution in [3.8, 4) is 0 Å². The molecule has 1 rings (SSSR count). The van der Waals surface area contributed by atoms with Gasteiger partial charge in [0.15, 0.2) is 0 Å². The van der Waals surface area contributed by atoms with E-state index in [1.165, 1.54) is 32.4 Å².